The molecule has 0 atom stereocenters. The van der Waals surface area contributed by atoms with E-state index in [4.69, 9.17) is 5.73 Å². The summed E-state index contributed by atoms with van der Waals surface area (Å²) in [6.07, 6.45) is 2.25. The number of benzene rings is 1. The third-order valence-corrected chi connectivity index (χ3v) is 1.57. The molecule has 0 heterocycles. The smallest absolute Gasteiger partial charge is 0.0346 e. The third-order valence-electron chi connectivity index (χ3n) is 1.57. The molecular weight excluding hydrogens is 160 g/mol. The molecular formula is C11H20N2. The molecule has 0 radical (unpaired) electrons. The highest BCUT2D eigenvalue weighted by atomic mass is 14.7. The van der Waals surface area contributed by atoms with E-state index in [0.717, 1.165) is 18.5 Å². The quantitative estimate of drug-likeness (QED) is 0.684. The number of hydrogen-bond acceptors (Lipinski definition) is 2. The third kappa shape index (κ3) is 5.26. The van der Waals surface area contributed by atoms with Crippen LogP contribution in [0.5, 0.6) is 0 Å². The molecule has 0 bridgehead atoms. The Balaban J connectivity index is 0.000000424. The number of nitrogens with one attached hydrogen (secondary N) is 1. The molecule has 0 aromatic heterocycles. The monoisotopic (exact) mass is 180 g/mol. The van der Waals surface area contributed by atoms with E-state index in [1.54, 1.807) is 0 Å². The van der Waals surface area contributed by atoms with Gasteiger partial charge in [-0.15, -0.1) is 0 Å². The summed E-state index contributed by atoms with van der Waals surface area (Å²) >= 11 is 0. The van der Waals surface area contributed by atoms with Gasteiger partial charge >= 0.3 is 0 Å². The van der Waals surface area contributed by atoms with Gasteiger partial charge in [-0.25, -0.2) is 0 Å². The number of para-hydroxylation sites is 1. The van der Waals surface area contributed by atoms with Crippen LogP contribution in [0.3, 0.4) is 0 Å². The molecule has 1 aromatic rings. The van der Waals surface area contributed by atoms with E-state index in [1.807, 2.05) is 32.3 Å². The molecule has 0 aliphatic carbocycles. The van der Waals surface area contributed by atoms with Crippen LogP contribution in [0.25, 0.3) is 0 Å². The summed E-state index contributed by atoms with van der Waals surface area (Å²) in [5.74, 6) is 0. The van der Waals surface area contributed by atoms with E-state index in [1.165, 1.54) is 5.56 Å². The lowest BCUT2D eigenvalue weighted by molar-refractivity contribution is 0.924. The first-order valence-corrected chi connectivity index (χ1v) is 4.68. The molecule has 74 valence electrons. The first-order chi connectivity index (χ1) is 6.26. The van der Waals surface area contributed by atoms with Crippen molar-refractivity contribution in [1.29, 1.82) is 0 Å². The first kappa shape index (κ1) is 12.0. The van der Waals surface area contributed by atoms with E-state index >= 15 is 0 Å². The Bertz CT molecular complexity index is 221. The molecule has 13 heavy (non-hydrogen) atoms. The predicted octanol–water partition coefficient (Wildman–Crippen LogP) is 2.06. The number of rotatable bonds is 2. The summed E-state index contributed by atoms with van der Waals surface area (Å²) in [6, 6.07) is 8.03. The molecule has 2 heteroatoms. The van der Waals surface area contributed by atoms with Crippen LogP contribution in [0.4, 0.5) is 5.69 Å². The van der Waals surface area contributed by atoms with Crippen molar-refractivity contribution in [2.75, 3.05) is 19.8 Å². The van der Waals surface area contributed by atoms with Gasteiger partial charge in [-0.05, 0) is 32.1 Å². The van der Waals surface area contributed by atoms with Crippen molar-refractivity contribution in [1.82, 2.24) is 5.32 Å². The normalized spacial score (nSPS) is 8.85. The zero-order valence-electron chi connectivity index (χ0n) is 8.80. The van der Waals surface area contributed by atoms with Crippen LogP contribution < -0.4 is 11.1 Å². The highest BCUT2D eigenvalue weighted by Gasteiger charge is 1.93. The Morgan fingerprint density at radius 3 is 2.23 bits per heavy atom. The summed E-state index contributed by atoms with van der Waals surface area (Å²) in [6.45, 7) is 2.16. The van der Waals surface area contributed by atoms with E-state index in [9.17, 15) is 0 Å². The van der Waals surface area contributed by atoms with Crippen LogP contribution in [-0.2, 0) is 6.42 Å². The molecule has 0 aliphatic heterocycles. The van der Waals surface area contributed by atoms with Gasteiger partial charge in [0.2, 0.25) is 0 Å². The molecule has 0 aliphatic rings. The van der Waals surface area contributed by atoms with Crippen molar-refractivity contribution in [3.63, 3.8) is 0 Å². The van der Waals surface area contributed by atoms with Crippen LogP contribution in [0.2, 0.25) is 0 Å². The minimum absolute atomic E-state index is 0.921. The van der Waals surface area contributed by atoms with E-state index in [-0.39, 0.29) is 0 Å². The molecule has 0 saturated carbocycles. The fraction of sp³-hybridized carbons (Fsp3) is 0.455. The summed E-state index contributed by atoms with van der Waals surface area (Å²) in [7, 11) is 3.75. The lowest BCUT2D eigenvalue weighted by Crippen LogP contribution is -1.92. The summed E-state index contributed by atoms with van der Waals surface area (Å²) in [5, 5.41) is 2.75. The highest BCUT2D eigenvalue weighted by molar-refractivity contribution is 5.46. The van der Waals surface area contributed by atoms with Crippen molar-refractivity contribution >= 4 is 5.69 Å². The van der Waals surface area contributed by atoms with Crippen molar-refractivity contribution in [3.05, 3.63) is 29.8 Å². The fourth-order valence-corrected chi connectivity index (χ4v) is 1.03. The number of nitrogen functional groups attached to an aromatic ring is 1. The number of aryl methyl sites for hydroxylation is 1. The van der Waals surface area contributed by atoms with Crippen molar-refractivity contribution < 1.29 is 0 Å². The molecule has 0 spiro atoms. The summed E-state index contributed by atoms with van der Waals surface area (Å²) < 4.78 is 0. The van der Waals surface area contributed by atoms with Crippen LogP contribution in [-0.4, -0.2) is 14.1 Å². The molecule has 0 saturated heterocycles. The van der Waals surface area contributed by atoms with Gasteiger partial charge in [-0.3, -0.25) is 0 Å². The Morgan fingerprint density at radius 1 is 1.23 bits per heavy atom. The fourth-order valence-electron chi connectivity index (χ4n) is 1.03. The molecule has 0 fully saturated rings. The van der Waals surface area contributed by atoms with Crippen LogP contribution >= 0.6 is 0 Å². The number of nitrogens with two attached hydrogens (primary N) is 1. The number of hydrogen-bond donors (Lipinski definition) is 2. The zero-order valence-corrected chi connectivity index (χ0v) is 8.80. The SMILES string of the molecule is CCCc1ccccc1N.CNC. The van der Waals surface area contributed by atoms with Gasteiger partial charge in [-0.2, -0.15) is 0 Å². The van der Waals surface area contributed by atoms with Gasteiger partial charge in [0.05, 0.1) is 0 Å². The van der Waals surface area contributed by atoms with E-state index in [0.29, 0.717) is 0 Å². The lowest BCUT2D eigenvalue weighted by atomic mass is 10.1. The van der Waals surface area contributed by atoms with Crippen molar-refractivity contribution in [3.8, 4) is 0 Å². The summed E-state index contributed by atoms with van der Waals surface area (Å²) in [5.41, 5.74) is 7.90. The minimum Gasteiger partial charge on any atom is -0.399 e. The molecule has 2 nitrogen and oxygen atoms in total. The minimum atomic E-state index is 0.921. The van der Waals surface area contributed by atoms with Crippen LogP contribution in [0.1, 0.15) is 18.9 Å². The molecule has 0 amide bonds. The molecule has 0 unspecified atom stereocenters. The maximum absolute atomic E-state index is 5.71. The average Bonchev–Trinajstić information content (AvgIpc) is 2.11. The predicted molar refractivity (Wildman–Crippen MR) is 59.8 cm³/mol. The van der Waals surface area contributed by atoms with Gasteiger partial charge in [0.15, 0.2) is 0 Å². The van der Waals surface area contributed by atoms with Gasteiger partial charge in [-0.1, -0.05) is 31.5 Å². The largest absolute Gasteiger partial charge is 0.399 e. The van der Waals surface area contributed by atoms with E-state index in [2.05, 4.69) is 18.3 Å². The van der Waals surface area contributed by atoms with Gasteiger partial charge in [0.1, 0.15) is 0 Å². The number of anilines is 1. The van der Waals surface area contributed by atoms with Gasteiger partial charge in [0, 0.05) is 5.69 Å². The van der Waals surface area contributed by atoms with Gasteiger partial charge in [0.25, 0.3) is 0 Å². The lowest BCUT2D eigenvalue weighted by Gasteiger charge is -2.01. The molecule has 1 aromatic carbocycles. The Labute approximate surface area is 81.2 Å². The van der Waals surface area contributed by atoms with Crippen LogP contribution in [0.15, 0.2) is 24.3 Å². The molecule has 1 rings (SSSR count). The maximum atomic E-state index is 5.71. The zero-order chi connectivity index (χ0) is 10.1. The van der Waals surface area contributed by atoms with E-state index < -0.39 is 0 Å². The Hall–Kier alpha value is -1.02. The second-order valence-corrected chi connectivity index (χ2v) is 2.95. The second kappa shape index (κ2) is 7.62. The Kier molecular flexibility index (Phi) is 7.02. The molecule has 3 N–H and O–H groups in total. The highest BCUT2D eigenvalue weighted by Crippen LogP contribution is 2.11. The average molecular weight is 180 g/mol. The topological polar surface area (TPSA) is 38.0 Å². The second-order valence-electron chi connectivity index (χ2n) is 2.95. The Morgan fingerprint density at radius 2 is 1.77 bits per heavy atom. The summed E-state index contributed by atoms with van der Waals surface area (Å²) in [4.78, 5) is 0. The van der Waals surface area contributed by atoms with Crippen molar-refractivity contribution in [2.24, 2.45) is 0 Å². The van der Waals surface area contributed by atoms with Gasteiger partial charge < -0.3 is 11.1 Å². The van der Waals surface area contributed by atoms with Crippen LogP contribution in [0, 0.1) is 0 Å². The first-order valence-electron chi connectivity index (χ1n) is 4.68. The van der Waals surface area contributed by atoms with Crippen molar-refractivity contribution in [2.45, 2.75) is 19.8 Å². The maximum Gasteiger partial charge on any atom is 0.0346 e. The standard InChI is InChI=1S/C9H13N.C2H7N/c1-2-5-8-6-3-4-7-9(8)10;1-3-2/h3-4,6-7H,2,5,10H2,1H3;3H,1-2H3.